The summed E-state index contributed by atoms with van der Waals surface area (Å²) in [5, 5.41) is 20.4. The van der Waals surface area contributed by atoms with E-state index in [1.807, 2.05) is 18.2 Å². The molecule has 4 rings (SSSR count). The molecule has 0 spiro atoms. The van der Waals surface area contributed by atoms with Crippen molar-refractivity contribution in [1.82, 2.24) is 0 Å². The van der Waals surface area contributed by atoms with E-state index in [4.69, 9.17) is 14.2 Å². The molecule has 0 bridgehead atoms. The van der Waals surface area contributed by atoms with E-state index in [1.165, 1.54) is 17.4 Å². The van der Waals surface area contributed by atoms with E-state index in [9.17, 15) is 15.0 Å². The molecular formula is C26H22O6S. The molecule has 168 valence electrons. The number of thiophene rings is 1. The zero-order valence-electron chi connectivity index (χ0n) is 18.1. The molecule has 1 heterocycles. The van der Waals surface area contributed by atoms with Gasteiger partial charge in [0.1, 0.15) is 23.0 Å². The molecule has 0 unspecified atom stereocenters. The van der Waals surface area contributed by atoms with Crippen LogP contribution in [0.15, 0.2) is 66.7 Å². The van der Waals surface area contributed by atoms with Crippen LogP contribution in [0.2, 0.25) is 0 Å². The second-order valence-electron chi connectivity index (χ2n) is 7.08. The summed E-state index contributed by atoms with van der Waals surface area (Å²) in [6, 6.07) is 17.3. The van der Waals surface area contributed by atoms with Gasteiger partial charge in [-0.15, -0.1) is 11.3 Å². The van der Waals surface area contributed by atoms with Crippen molar-refractivity contribution in [3.8, 4) is 39.2 Å². The highest BCUT2D eigenvalue weighted by atomic mass is 32.1. The van der Waals surface area contributed by atoms with Crippen molar-refractivity contribution in [2.24, 2.45) is 0 Å². The molecule has 0 aliphatic carbocycles. The number of rotatable bonds is 7. The molecule has 0 saturated heterocycles. The van der Waals surface area contributed by atoms with Gasteiger partial charge in [0, 0.05) is 27.8 Å². The number of fused-ring (bicyclic) bond motifs is 1. The number of phenolic OH excluding ortho intramolecular Hbond substituents is 2. The Labute approximate surface area is 194 Å². The third-order valence-electron chi connectivity index (χ3n) is 4.87. The molecule has 1 aromatic heterocycles. The molecule has 3 aromatic carbocycles. The minimum atomic E-state index is -0.425. The van der Waals surface area contributed by atoms with Crippen molar-refractivity contribution < 1.29 is 29.2 Å². The molecule has 0 fully saturated rings. The first kappa shape index (κ1) is 22.2. The van der Waals surface area contributed by atoms with E-state index >= 15 is 0 Å². The highest BCUT2D eigenvalue weighted by Gasteiger charge is 2.17. The standard InChI is InChI=1S/C26H22O6S/c1-3-31-24(29)13-7-16-6-11-20(15-22(16)30-2)32-25-21-12-10-19(28)14-23(21)33-26(25)17-4-8-18(27)9-5-17/h4-15,27-28H,3H2,1-2H3/b13-7+. The van der Waals surface area contributed by atoms with E-state index in [2.05, 4.69) is 0 Å². The van der Waals surface area contributed by atoms with Gasteiger partial charge < -0.3 is 24.4 Å². The highest BCUT2D eigenvalue weighted by molar-refractivity contribution is 7.22. The van der Waals surface area contributed by atoms with E-state index in [0.29, 0.717) is 29.4 Å². The molecule has 0 aliphatic rings. The minimum Gasteiger partial charge on any atom is -0.508 e. The number of methoxy groups -OCH3 is 1. The average Bonchev–Trinajstić information content (AvgIpc) is 3.16. The summed E-state index contributed by atoms with van der Waals surface area (Å²) in [5.41, 5.74) is 1.58. The maximum atomic E-state index is 11.6. The first-order valence-corrected chi connectivity index (χ1v) is 11.1. The lowest BCUT2D eigenvalue weighted by atomic mass is 10.1. The number of phenols is 2. The average molecular weight is 463 g/mol. The summed E-state index contributed by atoms with van der Waals surface area (Å²) >= 11 is 1.48. The van der Waals surface area contributed by atoms with Gasteiger partial charge >= 0.3 is 5.97 Å². The van der Waals surface area contributed by atoms with Gasteiger partial charge in [-0.1, -0.05) is 0 Å². The zero-order chi connectivity index (χ0) is 23.4. The van der Waals surface area contributed by atoms with Crippen LogP contribution >= 0.6 is 11.3 Å². The topological polar surface area (TPSA) is 85.2 Å². The van der Waals surface area contributed by atoms with Gasteiger partial charge in [0.2, 0.25) is 0 Å². The van der Waals surface area contributed by atoms with Crippen LogP contribution in [0.3, 0.4) is 0 Å². The maximum absolute atomic E-state index is 11.6. The van der Waals surface area contributed by atoms with Gasteiger partial charge in [-0.25, -0.2) is 4.79 Å². The van der Waals surface area contributed by atoms with Gasteiger partial charge in [0.05, 0.1) is 18.6 Å². The maximum Gasteiger partial charge on any atom is 0.330 e. The third kappa shape index (κ3) is 4.94. The first-order valence-electron chi connectivity index (χ1n) is 10.2. The van der Waals surface area contributed by atoms with E-state index in [0.717, 1.165) is 20.5 Å². The number of ether oxygens (including phenoxy) is 3. The summed E-state index contributed by atoms with van der Waals surface area (Å²) < 4.78 is 17.6. The molecular weight excluding hydrogens is 440 g/mol. The predicted octanol–water partition coefficient (Wildman–Crippen LogP) is 6.36. The molecule has 7 heteroatoms. The molecule has 6 nitrogen and oxygen atoms in total. The smallest absolute Gasteiger partial charge is 0.330 e. The molecule has 0 saturated carbocycles. The van der Waals surface area contributed by atoms with Crippen LogP contribution in [-0.2, 0) is 9.53 Å². The Hall–Kier alpha value is -3.97. The van der Waals surface area contributed by atoms with Crippen molar-refractivity contribution in [2.75, 3.05) is 13.7 Å². The van der Waals surface area contributed by atoms with Gasteiger partial charge in [0.25, 0.3) is 0 Å². The van der Waals surface area contributed by atoms with Crippen LogP contribution in [0.4, 0.5) is 0 Å². The first-order chi connectivity index (χ1) is 16.0. The van der Waals surface area contributed by atoms with Gasteiger partial charge in [-0.05, 0) is 73.2 Å². The normalized spacial score (nSPS) is 11.1. The van der Waals surface area contributed by atoms with E-state index in [1.54, 1.807) is 62.6 Å². The number of hydrogen-bond acceptors (Lipinski definition) is 7. The summed E-state index contributed by atoms with van der Waals surface area (Å²) in [6.45, 7) is 2.06. The number of esters is 1. The third-order valence-corrected chi connectivity index (χ3v) is 6.05. The molecule has 0 atom stereocenters. The van der Waals surface area contributed by atoms with Gasteiger partial charge in [0.15, 0.2) is 5.75 Å². The second-order valence-corrected chi connectivity index (χ2v) is 8.13. The monoisotopic (exact) mass is 462 g/mol. The second kappa shape index (κ2) is 9.67. The lowest BCUT2D eigenvalue weighted by Crippen LogP contribution is -1.98. The largest absolute Gasteiger partial charge is 0.508 e. The Kier molecular flexibility index (Phi) is 6.51. The molecule has 0 aliphatic heterocycles. The number of benzene rings is 3. The molecule has 2 N–H and O–H groups in total. The van der Waals surface area contributed by atoms with Gasteiger partial charge in [-0.2, -0.15) is 0 Å². The fourth-order valence-electron chi connectivity index (χ4n) is 3.32. The number of aromatic hydroxyl groups is 2. The minimum absolute atomic E-state index is 0.173. The fraction of sp³-hybridized carbons (Fsp3) is 0.115. The number of hydrogen-bond donors (Lipinski definition) is 2. The van der Waals surface area contributed by atoms with Crippen molar-refractivity contribution >= 4 is 33.5 Å². The van der Waals surface area contributed by atoms with Gasteiger partial charge in [-0.3, -0.25) is 0 Å². The number of carbonyl (C=O) groups is 1. The lowest BCUT2D eigenvalue weighted by Gasteiger charge is -2.11. The molecule has 33 heavy (non-hydrogen) atoms. The lowest BCUT2D eigenvalue weighted by molar-refractivity contribution is -0.137. The van der Waals surface area contributed by atoms with Crippen LogP contribution in [0.1, 0.15) is 12.5 Å². The Balaban J connectivity index is 1.73. The Bertz CT molecular complexity index is 1320. The molecule has 0 radical (unpaired) electrons. The summed E-state index contributed by atoms with van der Waals surface area (Å²) in [5.74, 6) is 1.65. The van der Waals surface area contributed by atoms with Crippen molar-refractivity contribution in [3.05, 3.63) is 72.3 Å². The SMILES string of the molecule is CCOC(=O)/C=C/c1ccc(Oc2c(-c3ccc(O)cc3)sc3cc(O)ccc23)cc1OC. The quantitative estimate of drug-likeness (QED) is 0.246. The van der Waals surface area contributed by atoms with Crippen LogP contribution in [0.25, 0.3) is 26.6 Å². The Morgan fingerprint density at radius 2 is 1.76 bits per heavy atom. The van der Waals surface area contributed by atoms with E-state index < -0.39 is 5.97 Å². The van der Waals surface area contributed by atoms with Crippen molar-refractivity contribution in [1.29, 1.82) is 0 Å². The number of carbonyl (C=O) groups excluding carboxylic acids is 1. The van der Waals surface area contributed by atoms with Crippen LogP contribution in [0.5, 0.6) is 28.7 Å². The van der Waals surface area contributed by atoms with E-state index in [-0.39, 0.29) is 11.5 Å². The van der Waals surface area contributed by atoms with Crippen molar-refractivity contribution in [2.45, 2.75) is 6.92 Å². The molecule has 0 amide bonds. The summed E-state index contributed by atoms with van der Waals surface area (Å²) in [6.07, 6.45) is 2.98. The highest BCUT2D eigenvalue weighted by Crippen LogP contribution is 2.47. The van der Waals surface area contributed by atoms with Crippen LogP contribution in [-0.4, -0.2) is 29.9 Å². The summed E-state index contributed by atoms with van der Waals surface area (Å²) in [7, 11) is 1.55. The predicted molar refractivity (Wildman–Crippen MR) is 129 cm³/mol. The Morgan fingerprint density at radius 1 is 1.00 bits per heavy atom. The fourth-order valence-corrected chi connectivity index (χ4v) is 4.49. The molecule has 4 aromatic rings. The van der Waals surface area contributed by atoms with Crippen molar-refractivity contribution in [3.63, 3.8) is 0 Å². The van der Waals surface area contributed by atoms with Crippen LogP contribution < -0.4 is 9.47 Å². The van der Waals surface area contributed by atoms with Crippen LogP contribution in [0, 0.1) is 0 Å². The Morgan fingerprint density at radius 3 is 2.48 bits per heavy atom. The summed E-state index contributed by atoms with van der Waals surface area (Å²) in [4.78, 5) is 12.5. The zero-order valence-corrected chi connectivity index (χ0v) is 18.9.